The summed E-state index contributed by atoms with van der Waals surface area (Å²) in [5, 5.41) is 7.08. The largest absolute Gasteiger partial charge is 0.340 e. The lowest BCUT2D eigenvalue weighted by Crippen LogP contribution is -1.97. The lowest BCUT2D eigenvalue weighted by Gasteiger charge is -2.08. The van der Waals surface area contributed by atoms with Crippen LogP contribution >= 0.6 is 22.7 Å². The monoisotopic (exact) mass is 429 g/mol. The standard InChI is InChI=1S/C27H27NS2/c1-2-3-4-5-6-15-28-24-13-11-20(26-9-7-16-29-26)18-22(24)23-19-21(12-14-25(23)28)27-10-8-17-30-27/h7-14,16-19H,2-6,15H2,1H3. The van der Waals surface area contributed by atoms with Crippen LogP contribution in [-0.4, -0.2) is 4.57 Å². The Labute approximate surface area is 186 Å². The van der Waals surface area contributed by atoms with Crippen molar-refractivity contribution in [3.05, 3.63) is 71.4 Å². The molecule has 0 aliphatic rings. The maximum atomic E-state index is 2.55. The van der Waals surface area contributed by atoms with Gasteiger partial charge in [-0.2, -0.15) is 0 Å². The van der Waals surface area contributed by atoms with Gasteiger partial charge in [0.1, 0.15) is 0 Å². The Kier molecular flexibility index (Phi) is 5.74. The van der Waals surface area contributed by atoms with Gasteiger partial charge >= 0.3 is 0 Å². The lowest BCUT2D eigenvalue weighted by molar-refractivity contribution is 0.584. The molecule has 5 aromatic rings. The number of nitrogens with zero attached hydrogens (tertiary/aromatic N) is 1. The van der Waals surface area contributed by atoms with Crippen LogP contribution in [0, 0.1) is 0 Å². The van der Waals surface area contributed by atoms with Gasteiger partial charge in [-0.15, -0.1) is 22.7 Å². The van der Waals surface area contributed by atoms with Gasteiger partial charge in [-0.05, 0) is 64.7 Å². The van der Waals surface area contributed by atoms with Crippen molar-refractivity contribution in [2.75, 3.05) is 0 Å². The zero-order valence-corrected chi connectivity index (χ0v) is 19.1. The number of unbranched alkanes of at least 4 members (excludes halogenated alkanes) is 4. The summed E-state index contributed by atoms with van der Waals surface area (Å²) in [6.07, 6.45) is 6.56. The van der Waals surface area contributed by atoms with Crippen LogP contribution in [0.2, 0.25) is 0 Å². The maximum Gasteiger partial charge on any atom is 0.0491 e. The molecule has 0 spiro atoms. The van der Waals surface area contributed by atoms with Crippen molar-refractivity contribution >= 4 is 44.5 Å². The minimum absolute atomic E-state index is 1.10. The molecule has 0 bridgehead atoms. The first kappa shape index (κ1) is 19.6. The van der Waals surface area contributed by atoms with E-state index < -0.39 is 0 Å². The summed E-state index contributed by atoms with van der Waals surface area (Å²) in [5.41, 5.74) is 5.37. The molecule has 152 valence electrons. The van der Waals surface area contributed by atoms with Crippen molar-refractivity contribution in [3.8, 4) is 20.9 Å². The molecule has 0 unspecified atom stereocenters. The third-order valence-corrected chi connectivity index (χ3v) is 7.80. The Bertz CT molecular complexity index is 1150. The summed E-state index contributed by atoms with van der Waals surface area (Å²) in [6.45, 7) is 3.38. The predicted octanol–water partition coefficient (Wildman–Crippen LogP) is 9.22. The first-order chi connectivity index (χ1) is 14.8. The molecule has 5 rings (SSSR count). The van der Waals surface area contributed by atoms with E-state index in [0.717, 1.165) is 6.54 Å². The second kappa shape index (κ2) is 8.79. The number of aryl methyl sites for hydroxylation is 1. The molecule has 0 N–H and O–H groups in total. The number of rotatable bonds is 8. The van der Waals surface area contributed by atoms with Crippen LogP contribution in [-0.2, 0) is 6.54 Å². The van der Waals surface area contributed by atoms with Crippen molar-refractivity contribution < 1.29 is 0 Å². The molecular weight excluding hydrogens is 402 g/mol. The summed E-state index contributed by atoms with van der Waals surface area (Å²) in [5.74, 6) is 0. The minimum atomic E-state index is 1.10. The highest BCUT2D eigenvalue weighted by Crippen LogP contribution is 2.37. The van der Waals surface area contributed by atoms with E-state index in [1.807, 2.05) is 22.7 Å². The predicted molar refractivity (Wildman–Crippen MR) is 135 cm³/mol. The Hall–Kier alpha value is -2.36. The molecule has 0 saturated heterocycles. The number of benzene rings is 2. The third kappa shape index (κ3) is 3.73. The smallest absolute Gasteiger partial charge is 0.0491 e. The summed E-state index contributed by atoms with van der Waals surface area (Å²) in [6, 6.07) is 22.8. The number of hydrogen-bond acceptors (Lipinski definition) is 2. The lowest BCUT2D eigenvalue weighted by atomic mass is 10.1. The van der Waals surface area contributed by atoms with Crippen molar-refractivity contribution in [2.24, 2.45) is 0 Å². The molecule has 0 radical (unpaired) electrons. The van der Waals surface area contributed by atoms with E-state index in [0.29, 0.717) is 0 Å². The zero-order chi connectivity index (χ0) is 20.3. The van der Waals surface area contributed by atoms with E-state index >= 15 is 0 Å². The molecule has 0 saturated carbocycles. The second-order valence-electron chi connectivity index (χ2n) is 7.98. The summed E-state index contributed by atoms with van der Waals surface area (Å²) in [4.78, 5) is 2.68. The van der Waals surface area contributed by atoms with Crippen molar-refractivity contribution in [2.45, 2.75) is 45.6 Å². The molecule has 0 atom stereocenters. The van der Waals surface area contributed by atoms with Crippen LogP contribution in [0.4, 0.5) is 0 Å². The van der Waals surface area contributed by atoms with Crippen LogP contribution in [0.3, 0.4) is 0 Å². The van der Waals surface area contributed by atoms with E-state index in [1.165, 1.54) is 74.8 Å². The highest BCUT2D eigenvalue weighted by atomic mass is 32.1. The minimum Gasteiger partial charge on any atom is -0.340 e. The van der Waals surface area contributed by atoms with Crippen LogP contribution in [0.1, 0.15) is 39.0 Å². The molecule has 0 fully saturated rings. The van der Waals surface area contributed by atoms with Gasteiger partial charge in [-0.1, -0.05) is 56.9 Å². The number of fused-ring (bicyclic) bond motifs is 3. The van der Waals surface area contributed by atoms with Crippen LogP contribution in [0.5, 0.6) is 0 Å². The van der Waals surface area contributed by atoms with Crippen molar-refractivity contribution in [1.29, 1.82) is 0 Å². The number of hydrogen-bond donors (Lipinski definition) is 0. The Morgan fingerprint density at radius 3 is 1.73 bits per heavy atom. The van der Waals surface area contributed by atoms with Gasteiger partial charge in [-0.3, -0.25) is 0 Å². The second-order valence-corrected chi connectivity index (χ2v) is 9.88. The SMILES string of the molecule is CCCCCCCn1c2ccc(-c3cccs3)cc2c2cc(-c3cccs3)ccc21. The maximum absolute atomic E-state index is 2.55. The van der Waals surface area contributed by atoms with E-state index in [4.69, 9.17) is 0 Å². The third-order valence-electron chi connectivity index (χ3n) is 5.96. The van der Waals surface area contributed by atoms with Crippen molar-refractivity contribution in [1.82, 2.24) is 4.57 Å². The van der Waals surface area contributed by atoms with Gasteiger partial charge in [0.05, 0.1) is 0 Å². The molecule has 3 heterocycles. The fourth-order valence-corrected chi connectivity index (χ4v) is 5.86. The van der Waals surface area contributed by atoms with Gasteiger partial charge in [0.2, 0.25) is 0 Å². The molecule has 0 aliphatic heterocycles. The molecule has 2 aromatic carbocycles. The number of thiophene rings is 2. The van der Waals surface area contributed by atoms with Gasteiger partial charge in [-0.25, -0.2) is 0 Å². The summed E-state index contributed by atoms with van der Waals surface area (Å²) >= 11 is 3.63. The molecule has 1 nitrogen and oxygen atoms in total. The highest BCUT2D eigenvalue weighted by Gasteiger charge is 2.13. The molecule has 3 heteroatoms. The molecule has 30 heavy (non-hydrogen) atoms. The number of aromatic nitrogens is 1. The van der Waals surface area contributed by atoms with E-state index in [1.54, 1.807) is 0 Å². The average Bonchev–Trinajstić information content (AvgIpc) is 3.54. The molecular formula is C27H27NS2. The zero-order valence-electron chi connectivity index (χ0n) is 17.4. The quantitative estimate of drug-likeness (QED) is 0.217. The summed E-state index contributed by atoms with van der Waals surface area (Å²) < 4.78 is 2.55. The van der Waals surface area contributed by atoms with Gasteiger partial charge in [0, 0.05) is 38.1 Å². The normalized spacial score (nSPS) is 11.6. The summed E-state index contributed by atoms with van der Waals surface area (Å²) in [7, 11) is 0. The van der Waals surface area contributed by atoms with E-state index in [2.05, 4.69) is 82.9 Å². The van der Waals surface area contributed by atoms with Crippen LogP contribution in [0.15, 0.2) is 71.4 Å². The first-order valence-corrected chi connectivity index (χ1v) is 12.7. The average molecular weight is 430 g/mol. The van der Waals surface area contributed by atoms with Gasteiger partial charge in [0.25, 0.3) is 0 Å². The van der Waals surface area contributed by atoms with Crippen molar-refractivity contribution in [3.63, 3.8) is 0 Å². The fourth-order valence-electron chi connectivity index (χ4n) is 4.41. The van der Waals surface area contributed by atoms with Gasteiger partial charge < -0.3 is 4.57 Å². The molecule has 0 aliphatic carbocycles. The highest BCUT2D eigenvalue weighted by molar-refractivity contribution is 7.13. The first-order valence-electron chi connectivity index (χ1n) is 11.0. The Morgan fingerprint density at radius 2 is 1.23 bits per heavy atom. The Morgan fingerprint density at radius 1 is 0.667 bits per heavy atom. The molecule has 3 aromatic heterocycles. The Balaban J connectivity index is 1.61. The van der Waals surface area contributed by atoms with E-state index in [-0.39, 0.29) is 0 Å². The fraction of sp³-hybridized carbons (Fsp3) is 0.259. The van der Waals surface area contributed by atoms with Gasteiger partial charge in [0.15, 0.2) is 0 Å². The van der Waals surface area contributed by atoms with E-state index in [9.17, 15) is 0 Å². The topological polar surface area (TPSA) is 4.93 Å². The molecule has 0 amide bonds. The van der Waals surface area contributed by atoms with Crippen LogP contribution in [0.25, 0.3) is 42.7 Å². The van der Waals surface area contributed by atoms with Crippen LogP contribution < -0.4 is 0 Å².